The Morgan fingerprint density at radius 3 is 2.46 bits per heavy atom. The number of carbonyl (C=O) groups excluding carboxylic acids is 1. The summed E-state index contributed by atoms with van der Waals surface area (Å²) >= 11 is 0. The van der Waals surface area contributed by atoms with Crippen molar-refractivity contribution in [3.63, 3.8) is 0 Å². The monoisotopic (exact) mass is 328 g/mol. The highest BCUT2D eigenvalue weighted by molar-refractivity contribution is 5.93. The number of ether oxygens (including phenoxy) is 1. The van der Waals surface area contributed by atoms with Crippen LogP contribution in [0.3, 0.4) is 0 Å². The predicted octanol–water partition coefficient (Wildman–Crippen LogP) is 3.85. The van der Waals surface area contributed by atoms with Gasteiger partial charge in [0, 0.05) is 6.07 Å². The second-order valence-corrected chi connectivity index (χ2v) is 5.75. The average Bonchev–Trinajstić information content (AvgIpc) is 2.51. The molecule has 0 aliphatic rings. The minimum absolute atomic E-state index is 0.0290. The van der Waals surface area contributed by atoms with Gasteiger partial charge >= 0.3 is 0 Å². The van der Waals surface area contributed by atoms with Crippen LogP contribution < -0.4 is 10.1 Å². The Balaban J connectivity index is 2.06. The SMILES string of the molecule is Cc1cc(C)c(OCC(=O)Nc2cccc([N+](=O)[O-])c2C)cc1C. The van der Waals surface area contributed by atoms with Gasteiger partial charge in [0.05, 0.1) is 16.2 Å². The van der Waals surface area contributed by atoms with Crippen LogP contribution in [-0.2, 0) is 4.79 Å². The lowest BCUT2D eigenvalue weighted by Gasteiger charge is -2.12. The van der Waals surface area contributed by atoms with Crippen LogP contribution in [0.25, 0.3) is 0 Å². The lowest BCUT2D eigenvalue weighted by Crippen LogP contribution is -2.21. The summed E-state index contributed by atoms with van der Waals surface area (Å²) < 4.78 is 5.58. The summed E-state index contributed by atoms with van der Waals surface area (Å²) in [6.45, 7) is 7.36. The van der Waals surface area contributed by atoms with Crippen molar-refractivity contribution in [1.82, 2.24) is 0 Å². The van der Waals surface area contributed by atoms with Crippen molar-refractivity contribution >= 4 is 17.3 Å². The number of hydrogen-bond acceptors (Lipinski definition) is 4. The third-order valence-corrected chi connectivity index (χ3v) is 3.93. The van der Waals surface area contributed by atoms with Crippen molar-refractivity contribution in [2.75, 3.05) is 11.9 Å². The van der Waals surface area contributed by atoms with E-state index in [4.69, 9.17) is 4.74 Å². The van der Waals surface area contributed by atoms with Crippen LogP contribution >= 0.6 is 0 Å². The molecule has 1 N–H and O–H groups in total. The smallest absolute Gasteiger partial charge is 0.274 e. The van der Waals surface area contributed by atoms with Gasteiger partial charge in [0.25, 0.3) is 11.6 Å². The Morgan fingerprint density at radius 2 is 1.79 bits per heavy atom. The van der Waals surface area contributed by atoms with E-state index in [1.54, 1.807) is 13.0 Å². The van der Waals surface area contributed by atoms with Crippen molar-refractivity contribution < 1.29 is 14.5 Å². The summed E-state index contributed by atoms with van der Waals surface area (Å²) in [7, 11) is 0. The van der Waals surface area contributed by atoms with Crippen molar-refractivity contribution in [2.45, 2.75) is 27.7 Å². The highest BCUT2D eigenvalue weighted by Gasteiger charge is 2.15. The maximum Gasteiger partial charge on any atom is 0.274 e. The lowest BCUT2D eigenvalue weighted by atomic mass is 10.1. The summed E-state index contributed by atoms with van der Waals surface area (Å²) in [5.74, 6) is 0.292. The van der Waals surface area contributed by atoms with E-state index in [2.05, 4.69) is 5.32 Å². The molecule has 2 rings (SSSR count). The van der Waals surface area contributed by atoms with Crippen molar-refractivity contribution in [3.8, 4) is 5.75 Å². The zero-order valence-corrected chi connectivity index (χ0v) is 14.2. The third-order valence-electron chi connectivity index (χ3n) is 3.93. The molecule has 0 bridgehead atoms. The normalized spacial score (nSPS) is 10.3. The number of anilines is 1. The zero-order valence-electron chi connectivity index (χ0n) is 14.2. The molecule has 0 spiro atoms. The average molecular weight is 328 g/mol. The quantitative estimate of drug-likeness (QED) is 0.668. The van der Waals surface area contributed by atoms with Crippen LogP contribution in [0.5, 0.6) is 5.75 Å². The molecule has 0 saturated heterocycles. The van der Waals surface area contributed by atoms with Crippen LogP contribution in [0.2, 0.25) is 0 Å². The number of nitro benzene ring substituents is 1. The Kier molecular flexibility index (Phi) is 5.18. The molecule has 0 atom stereocenters. The first-order valence-electron chi connectivity index (χ1n) is 7.54. The van der Waals surface area contributed by atoms with Crippen molar-refractivity contribution in [1.29, 1.82) is 0 Å². The van der Waals surface area contributed by atoms with Crippen LogP contribution in [-0.4, -0.2) is 17.4 Å². The molecule has 0 aliphatic heterocycles. The maximum atomic E-state index is 12.1. The summed E-state index contributed by atoms with van der Waals surface area (Å²) in [6.07, 6.45) is 0. The Bertz CT molecular complexity index is 800. The number of amides is 1. The van der Waals surface area contributed by atoms with Gasteiger partial charge in [-0.25, -0.2) is 0 Å². The summed E-state index contributed by atoms with van der Waals surface area (Å²) in [4.78, 5) is 22.5. The number of nitrogens with zero attached hydrogens (tertiary/aromatic N) is 1. The fraction of sp³-hybridized carbons (Fsp3) is 0.278. The van der Waals surface area contributed by atoms with E-state index in [-0.39, 0.29) is 18.2 Å². The molecule has 2 aromatic rings. The molecule has 6 nitrogen and oxygen atoms in total. The second kappa shape index (κ2) is 7.12. The van der Waals surface area contributed by atoms with E-state index in [1.165, 1.54) is 12.1 Å². The molecular weight excluding hydrogens is 308 g/mol. The van der Waals surface area contributed by atoms with E-state index in [0.29, 0.717) is 17.0 Å². The topological polar surface area (TPSA) is 81.5 Å². The fourth-order valence-electron chi connectivity index (χ4n) is 2.38. The molecule has 2 aromatic carbocycles. The van der Waals surface area contributed by atoms with E-state index < -0.39 is 4.92 Å². The Morgan fingerprint density at radius 1 is 1.12 bits per heavy atom. The molecule has 24 heavy (non-hydrogen) atoms. The van der Waals surface area contributed by atoms with Gasteiger partial charge in [-0.15, -0.1) is 0 Å². The van der Waals surface area contributed by atoms with E-state index in [0.717, 1.165) is 16.7 Å². The summed E-state index contributed by atoms with van der Waals surface area (Å²) in [5.41, 5.74) is 4.01. The van der Waals surface area contributed by atoms with Gasteiger partial charge in [-0.05, 0) is 56.5 Å². The first kappa shape index (κ1) is 17.5. The van der Waals surface area contributed by atoms with Crippen LogP contribution in [0.15, 0.2) is 30.3 Å². The van der Waals surface area contributed by atoms with Crippen LogP contribution in [0, 0.1) is 37.8 Å². The lowest BCUT2D eigenvalue weighted by molar-refractivity contribution is -0.385. The summed E-state index contributed by atoms with van der Waals surface area (Å²) in [6, 6.07) is 8.47. The van der Waals surface area contributed by atoms with E-state index >= 15 is 0 Å². The molecule has 0 heterocycles. The summed E-state index contributed by atoms with van der Waals surface area (Å²) in [5, 5.41) is 13.6. The molecular formula is C18H20N2O4. The molecule has 1 amide bonds. The van der Waals surface area contributed by atoms with Gasteiger partial charge in [-0.1, -0.05) is 12.1 Å². The standard InChI is InChI=1S/C18H20N2O4/c1-11-8-13(3)17(9-12(11)2)24-10-18(21)19-15-6-5-7-16(14(15)4)20(22)23/h5-9H,10H2,1-4H3,(H,19,21). The first-order valence-corrected chi connectivity index (χ1v) is 7.54. The van der Waals surface area contributed by atoms with Gasteiger partial charge in [0.2, 0.25) is 0 Å². The van der Waals surface area contributed by atoms with E-state index in [1.807, 2.05) is 32.9 Å². The maximum absolute atomic E-state index is 12.1. The number of aryl methyl sites for hydroxylation is 3. The first-order chi connectivity index (χ1) is 11.3. The molecule has 126 valence electrons. The number of benzene rings is 2. The molecule has 0 radical (unpaired) electrons. The largest absolute Gasteiger partial charge is 0.483 e. The molecule has 0 aliphatic carbocycles. The number of carbonyl (C=O) groups is 1. The highest BCUT2D eigenvalue weighted by atomic mass is 16.6. The number of nitrogens with one attached hydrogen (secondary N) is 1. The van der Waals surface area contributed by atoms with Gasteiger partial charge in [-0.2, -0.15) is 0 Å². The molecule has 0 unspecified atom stereocenters. The fourth-order valence-corrected chi connectivity index (χ4v) is 2.38. The number of nitro groups is 1. The van der Waals surface area contributed by atoms with Gasteiger partial charge in [-0.3, -0.25) is 14.9 Å². The molecule has 0 fully saturated rings. The third kappa shape index (κ3) is 3.90. The molecule has 6 heteroatoms. The second-order valence-electron chi connectivity index (χ2n) is 5.75. The van der Waals surface area contributed by atoms with Crippen LogP contribution in [0.4, 0.5) is 11.4 Å². The van der Waals surface area contributed by atoms with Gasteiger partial charge in [0.15, 0.2) is 6.61 Å². The van der Waals surface area contributed by atoms with Crippen molar-refractivity contribution in [2.24, 2.45) is 0 Å². The molecule has 0 saturated carbocycles. The number of rotatable bonds is 5. The van der Waals surface area contributed by atoms with Gasteiger partial charge < -0.3 is 10.1 Å². The minimum Gasteiger partial charge on any atom is -0.483 e. The molecule has 0 aromatic heterocycles. The zero-order chi connectivity index (χ0) is 17.9. The van der Waals surface area contributed by atoms with Gasteiger partial charge in [0.1, 0.15) is 5.75 Å². The van der Waals surface area contributed by atoms with E-state index in [9.17, 15) is 14.9 Å². The number of hydrogen-bond donors (Lipinski definition) is 1. The van der Waals surface area contributed by atoms with Crippen LogP contribution in [0.1, 0.15) is 22.3 Å². The Hall–Kier alpha value is -2.89. The highest BCUT2D eigenvalue weighted by Crippen LogP contribution is 2.25. The van der Waals surface area contributed by atoms with Crippen molar-refractivity contribution in [3.05, 3.63) is 62.7 Å². The predicted molar refractivity (Wildman–Crippen MR) is 92.6 cm³/mol. The Labute approximate surface area is 140 Å². The minimum atomic E-state index is -0.472.